The lowest BCUT2D eigenvalue weighted by Crippen LogP contribution is -2.58. The number of alkyl halides is 3. The molecule has 150 valence electrons. The van der Waals surface area contributed by atoms with Crippen LogP contribution in [-0.2, 0) is 25.3 Å². The fraction of sp³-hybridized carbons (Fsp3) is 0.278. The van der Waals surface area contributed by atoms with Crippen LogP contribution in [0.25, 0.3) is 11.1 Å². The number of carbonyl (C=O) groups is 1. The van der Waals surface area contributed by atoms with E-state index in [0.717, 1.165) is 6.92 Å². The summed E-state index contributed by atoms with van der Waals surface area (Å²) in [4.78, 5) is 11.8. The summed E-state index contributed by atoms with van der Waals surface area (Å²) in [7, 11) is -4.12. The summed E-state index contributed by atoms with van der Waals surface area (Å²) in [5.41, 5.74) is 2.86. The maximum Gasteiger partial charge on any atom is 0.417 e. The van der Waals surface area contributed by atoms with Gasteiger partial charge in [-0.15, -0.1) is 0 Å². The average molecular weight is 414 g/mol. The van der Waals surface area contributed by atoms with Crippen molar-refractivity contribution in [2.75, 3.05) is 6.26 Å². The second kappa shape index (κ2) is 6.57. The summed E-state index contributed by atoms with van der Waals surface area (Å²) in [6.45, 7) is 1.06. The van der Waals surface area contributed by atoms with Gasteiger partial charge in [-0.05, 0) is 29.2 Å². The minimum Gasteiger partial charge on any atom is -0.366 e. The maximum absolute atomic E-state index is 13.6. The molecule has 0 fully saturated rings. The van der Waals surface area contributed by atoms with Gasteiger partial charge in [0.15, 0.2) is 0 Å². The van der Waals surface area contributed by atoms with Crippen molar-refractivity contribution in [2.24, 2.45) is 5.73 Å². The Hall–Kier alpha value is -2.43. The second-order valence-corrected chi connectivity index (χ2v) is 8.19. The topological polar surface area (TPSA) is 98.5 Å². The highest BCUT2D eigenvalue weighted by molar-refractivity contribution is 7.86. The molecule has 28 heavy (non-hydrogen) atoms. The monoisotopic (exact) mass is 414 g/mol. The summed E-state index contributed by atoms with van der Waals surface area (Å²) >= 11 is 0. The quantitative estimate of drug-likeness (QED) is 0.559. The first-order valence-electron chi connectivity index (χ1n) is 8.11. The zero-order valence-corrected chi connectivity index (χ0v) is 15.7. The van der Waals surface area contributed by atoms with Gasteiger partial charge in [-0.1, -0.05) is 42.5 Å². The molecule has 10 heteroatoms. The molecule has 2 aliphatic carbocycles. The SMILES string of the molecule is C[C@@](N[C@@H]1c2ccc(-c3ccccc3)c1c2C(F)(F)F)(OS(C)(=O)=O)C(N)=O. The zero-order valence-electron chi connectivity index (χ0n) is 14.9. The van der Waals surface area contributed by atoms with Crippen LogP contribution in [0.4, 0.5) is 13.2 Å². The standard InChI is InChI=1S/C18H17F3N2O4S/c1-17(16(22)24,27-28(2,25)26)23-15-12-9-8-11(10-6-4-3-5-7-10)13(15)14(12)18(19,20)21/h3-9,15,23H,1-2H3,(H2,22,24)/t15-,17-/m1/s1. The van der Waals surface area contributed by atoms with Gasteiger partial charge >= 0.3 is 6.18 Å². The van der Waals surface area contributed by atoms with E-state index in [4.69, 9.17) is 9.92 Å². The van der Waals surface area contributed by atoms with Gasteiger partial charge < -0.3 is 5.73 Å². The molecule has 4 rings (SSSR count). The van der Waals surface area contributed by atoms with Gasteiger partial charge in [-0.2, -0.15) is 21.6 Å². The zero-order chi connectivity index (χ0) is 20.9. The first kappa shape index (κ1) is 20.3. The van der Waals surface area contributed by atoms with Crippen molar-refractivity contribution in [3.8, 4) is 11.1 Å². The Balaban J connectivity index is 2.09. The number of amides is 1. The number of benzene rings is 2. The summed E-state index contributed by atoms with van der Waals surface area (Å²) in [5, 5.41) is 2.55. The largest absolute Gasteiger partial charge is 0.417 e. The lowest BCUT2D eigenvalue weighted by atomic mass is 9.74. The van der Waals surface area contributed by atoms with Crippen LogP contribution in [0, 0.1) is 0 Å². The molecule has 0 spiro atoms. The number of rotatable bonds is 6. The van der Waals surface area contributed by atoms with Gasteiger partial charge in [-0.25, -0.2) is 4.18 Å². The third kappa shape index (κ3) is 3.62. The maximum atomic E-state index is 13.6. The fourth-order valence-electron chi connectivity index (χ4n) is 3.30. The molecule has 2 aromatic rings. The Morgan fingerprint density at radius 1 is 1.14 bits per heavy atom. The number of primary amides is 1. The molecular formula is C18H17F3N2O4S. The lowest BCUT2D eigenvalue weighted by Gasteiger charge is -2.41. The Morgan fingerprint density at radius 3 is 2.25 bits per heavy atom. The molecule has 0 saturated heterocycles. The first-order valence-corrected chi connectivity index (χ1v) is 9.93. The molecule has 0 heterocycles. The Kier molecular flexibility index (Phi) is 4.77. The van der Waals surface area contributed by atoms with Gasteiger partial charge in [0.05, 0.1) is 17.9 Å². The van der Waals surface area contributed by atoms with E-state index in [9.17, 15) is 26.4 Å². The van der Waals surface area contributed by atoms with Crippen molar-refractivity contribution >= 4 is 16.0 Å². The normalized spacial score (nSPS) is 18.2. The van der Waals surface area contributed by atoms with E-state index >= 15 is 0 Å². The number of nitrogens with one attached hydrogen (secondary N) is 1. The molecule has 2 aromatic carbocycles. The van der Waals surface area contributed by atoms with Gasteiger partial charge in [0.1, 0.15) is 0 Å². The van der Waals surface area contributed by atoms with E-state index in [1.807, 2.05) is 0 Å². The molecule has 0 aromatic heterocycles. The number of hydrogen-bond acceptors (Lipinski definition) is 5. The molecule has 2 aliphatic rings. The third-order valence-corrected chi connectivity index (χ3v) is 5.09. The van der Waals surface area contributed by atoms with Gasteiger partial charge in [0, 0.05) is 0 Å². The Labute approximate surface area is 159 Å². The minimum absolute atomic E-state index is 0.0965. The van der Waals surface area contributed by atoms with Crippen molar-refractivity contribution in [3.05, 3.63) is 59.2 Å². The molecule has 2 atom stereocenters. The highest BCUT2D eigenvalue weighted by atomic mass is 32.2. The van der Waals surface area contributed by atoms with Gasteiger partial charge in [0.2, 0.25) is 5.72 Å². The number of halogens is 3. The summed E-state index contributed by atoms with van der Waals surface area (Å²) in [6, 6.07) is 10.2. The van der Waals surface area contributed by atoms with Crippen molar-refractivity contribution in [2.45, 2.75) is 24.9 Å². The van der Waals surface area contributed by atoms with E-state index in [0.29, 0.717) is 17.4 Å². The second-order valence-electron chi connectivity index (χ2n) is 6.62. The van der Waals surface area contributed by atoms with Crippen LogP contribution in [0.15, 0.2) is 42.5 Å². The molecule has 1 amide bonds. The number of nitrogens with two attached hydrogens (primary N) is 1. The summed E-state index contributed by atoms with van der Waals surface area (Å²) in [6.07, 6.45) is -3.90. The molecule has 3 N–H and O–H groups in total. The minimum atomic E-state index is -4.62. The highest BCUT2D eigenvalue weighted by Crippen LogP contribution is 2.52. The van der Waals surface area contributed by atoms with Crippen molar-refractivity contribution < 1.29 is 30.6 Å². The number of carbonyl (C=O) groups excluding carboxylic acids is 1. The van der Waals surface area contributed by atoms with Crippen LogP contribution >= 0.6 is 0 Å². The number of fused-ring (bicyclic) bond motifs is 2. The predicted octanol–water partition coefficient (Wildman–Crippen LogP) is 2.54. The van der Waals surface area contributed by atoms with Crippen molar-refractivity contribution in [3.63, 3.8) is 0 Å². The molecule has 0 aliphatic heterocycles. The molecule has 0 unspecified atom stereocenters. The summed E-state index contributed by atoms with van der Waals surface area (Å²) in [5.74, 6) is -1.18. The number of hydrogen-bond donors (Lipinski definition) is 2. The van der Waals surface area contributed by atoms with E-state index < -0.39 is 39.5 Å². The van der Waals surface area contributed by atoms with Crippen LogP contribution in [0.1, 0.15) is 29.7 Å². The Morgan fingerprint density at radius 2 is 1.75 bits per heavy atom. The van der Waals surface area contributed by atoms with Gasteiger partial charge in [0.25, 0.3) is 16.0 Å². The molecule has 0 saturated carbocycles. The Bertz CT molecular complexity index is 1040. The van der Waals surface area contributed by atoms with E-state index in [1.54, 1.807) is 36.4 Å². The lowest BCUT2D eigenvalue weighted by molar-refractivity contribution is -0.143. The first-order chi connectivity index (χ1) is 12.8. The van der Waals surface area contributed by atoms with E-state index in [-0.39, 0.29) is 11.1 Å². The van der Waals surface area contributed by atoms with Crippen LogP contribution < -0.4 is 11.1 Å². The molecular weight excluding hydrogens is 397 g/mol. The molecule has 6 nitrogen and oxygen atoms in total. The van der Waals surface area contributed by atoms with Gasteiger partial charge in [-0.3, -0.25) is 10.1 Å². The molecule has 2 bridgehead atoms. The smallest absolute Gasteiger partial charge is 0.366 e. The highest BCUT2D eigenvalue weighted by Gasteiger charge is 2.50. The van der Waals surface area contributed by atoms with Crippen LogP contribution in [0.5, 0.6) is 0 Å². The van der Waals surface area contributed by atoms with Crippen LogP contribution in [0.3, 0.4) is 0 Å². The van der Waals surface area contributed by atoms with Crippen LogP contribution in [-0.4, -0.2) is 26.3 Å². The van der Waals surface area contributed by atoms with E-state index in [2.05, 4.69) is 5.32 Å². The fourth-order valence-corrected chi connectivity index (χ4v) is 4.04. The predicted molar refractivity (Wildman–Crippen MR) is 95.4 cm³/mol. The van der Waals surface area contributed by atoms with Crippen LogP contribution in [0.2, 0.25) is 0 Å². The average Bonchev–Trinajstić information content (AvgIpc) is 2.57. The van der Waals surface area contributed by atoms with E-state index in [1.165, 1.54) is 6.07 Å². The summed E-state index contributed by atoms with van der Waals surface area (Å²) < 4.78 is 68.5. The van der Waals surface area contributed by atoms with Crippen molar-refractivity contribution in [1.82, 2.24) is 5.32 Å². The molecule has 0 radical (unpaired) electrons. The third-order valence-electron chi connectivity index (χ3n) is 4.45. The van der Waals surface area contributed by atoms with Crippen molar-refractivity contribution in [1.29, 1.82) is 0 Å².